The van der Waals surface area contributed by atoms with Crippen LogP contribution in [-0.2, 0) is 13.0 Å². The second-order valence-corrected chi connectivity index (χ2v) is 5.98. The normalized spacial score (nSPS) is 10.6. The molecule has 0 radical (unpaired) electrons. The maximum atomic E-state index is 9.06. The summed E-state index contributed by atoms with van der Waals surface area (Å²) in [6.45, 7) is 6.78. The van der Waals surface area contributed by atoms with E-state index in [1.165, 1.54) is 9.88 Å². The maximum Gasteiger partial charge on any atom is 0.0925 e. The molecule has 0 atom stereocenters. The number of benzene rings is 1. The molecule has 0 aliphatic heterocycles. The minimum atomic E-state index is 0.180. The van der Waals surface area contributed by atoms with Gasteiger partial charge in [0.2, 0.25) is 0 Å². The maximum absolute atomic E-state index is 9.06. The quantitative estimate of drug-likeness (QED) is 0.786. The Morgan fingerprint density at radius 2 is 2.00 bits per heavy atom. The molecule has 1 aromatic carbocycles. The lowest BCUT2D eigenvalue weighted by molar-refractivity contribution is 0.302. The predicted molar refractivity (Wildman–Crippen MR) is 90.2 cm³/mol. The number of aromatic nitrogens is 1. The van der Waals surface area contributed by atoms with Gasteiger partial charge in [0.1, 0.15) is 0 Å². The van der Waals surface area contributed by atoms with Gasteiger partial charge in [-0.2, -0.15) is 0 Å². The Morgan fingerprint density at radius 3 is 2.57 bits per heavy atom. The number of nitrogens with zero attached hydrogens (tertiary/aromatic N) is 2. The number of anilines is 2. The van der Waals surface area contributed by atoms with Gasteiger partial charge in [0, 0.05) is 35.5 Å². The van der Waals surface area contributed by atoms with E-state index in [0.717, 1.165) is 30.9 Å². The van der Waals surface area contributed by atoms with E-state index in [1.807, 2.05) is 6.20 Å². The summed E-state index contributed by atoms with van der Waals surface area (Å²) < 4.78 is 0. The van der Waals surface area contributed by atoms with Crippen molar-refractivity contribution < 1.29 is 5.11 Å². The molecule has 2 aromatic rings. The van der Waals surface area contributed by atoms with Gasteiger partial charge in [-0.05, 0) is 37.6 Å². The standard InChI is InChI=1S/C16H23N3OS/c1-3-16-18-12-15(21-16)11-17-13-5-7-14(8-6-13)19(4-2)9-10-20/h5-8,12,17,20H,3-4,9-11H2,1-2H3. The lowest BCUT2D eigenvalue weighted by Crippen LogP contribution is -2.25. The Morgan fingerprint density at radius 1 is 1.24 bits per heavy atom. The van der Waals surface area contributed by atoms with Crippen molar-refractivity contribution >= 4 is 22.7 Å². The SMILES string of the molecule is CCc1ncc(CNc2ccc(N(CC)CCO)cc2)s1. The Balaban J connectivity index is 1.92. The fourth-order valence-electron chi connectivity index (χ4n) is 2.16. The van der Waals surface area contributed by atoms with E-state index in [0.29, 0.717) is 6.54 Å². The third-order valence-corrected chi connectivity index (χ3v) is 4.50. The van der Waals surface area contributed by atoms with Crippen LogP contribution in [0, 0.1) is 0 Å². The molecule has 1 aromatic heterocycles. The van der Waals surface area contributed by atoms with E-state index in [4.69, 9.17) is 5.11 Å². The van der Waals surface area contributed by atoms with Crippen LogP contribution in [0.25, 0.3) is 0 Å². The van der Waals surface area contributed by atoms with Crippen LogP contribution >= 0.6 is 11.3 Å². The van der Waals surface area contributed by atoms with Crippen LogP contribution < -0.4 is 10.2 Å². The summed E-state index contributed by atoms with van der Waals surface area (Å²) in [5.74, 6) is 0. The monoisotopic (exact) mass is 305 g/mol. The smallest absolute Gasteiger partial charge is 0.0925 e. The number of hydrogen-bond donors (Lipinski definition) is 2. The Labute approximate surface area is 130 Å². The van der Waals surface area contributed by atoms with Crippen molar-refractivity contribution in [3.8, 4) is 0 Å². The van der Waals surface area contributed by atoms with E-state index in [-0.39, 0.29) is 6.61 Å². The van der Waals surface area contributed by atoms with Gasteiger partial charge in [-0.15, -0.1) is 11.3 Å². The number of aliphatic hydroxyl groups is 1. The third-order valence-electron chi connectivity index (χ3n) is 3.35. The zero-order valence-corrected chi connectivity index (χ0v) is 13.5. The molecule has 0 spiro atoms. The molecule has 0 bridgehead atoms. The molecular weight excluding hydrogens is 282 g/mol. The highest BCUT2D eigenvalue weighted by Gasteiger charge is 2.04. The fraction of sp³-hybridized carbons (Fsp3) is 0.438. The van der Waals surface area contributed by atoms with Gasteiger partial charge in [0.15, 0.2) is 0 Å². The van der Waals surface area contributed by atoms with Crippen LogP contribution in [0.2, 0.25) is 0 Å². The zero-order chi connectivity index (χ0) is 15.1. The van der Waals surface area contributed by atoms with Crippen molar-refractivity contribution in [2.75, 3.05) is 29.9 Å². The van der Waals surface area contributed by atoms with Crippen molar-refractivity contribution in [1.82, 2.24) is 4.98 Å². The Kier molecular flexibility index (Phi) is 6.02. The van der Waals surface area contributed by atoms with Crippen molar-refractivity contribution in [2.45, 2.75) is 26.8 Å². The van der Waals surface area contributed by atoms with Crippen LogP contribution in [0.1, 0.15) is 23.7 Å². The van der Waals surface area contributed by atoms with Crippen molar-refractivity contribution in [3.63, 3.8) is 0 Å². The minimum Gasteiger partial charge on any atom is -0.395 e. The average molecular weight is 305 g/mol. The second-order valence-electron chi connectivity index (χ2n) is 4.78. The van der Waals surface area contributed by atoms with Crippen molar-refractivity contribution in [2.24, 2.45) is 0 Å². The summed E-state index contributed by atoms with van der Waals surface area (Å²) in [6, 6.07) is 8.34. The molecule has 0 aliphatic carbocycles. The van der Waals surface area contributed by atoms with Gasteiger partial charge in [0.05, 0.1) is 18.2 Å². The van der Waals surface area contributed by atoms with Crippen molar-refractivity contribution in [1.29, 1.82) is 0 Å². The zero-order valence-electron chi connectivity index (χ0n) is 12.7. The molecule has 0 saturated heterocycles. The summed E-state index contributed by atoms with van der Waals surface area (Å²) in [7, 11) is 0. The summed E-state index contributed by atoms with van der Waals surface area (Å²) in [5, 5.41) is 13.7. The number of nitrogens with one attached hydrogen (secondary N) is 1. The fourth-order valence-corrected chi connectivity index (χ4v) is 2.97. The number of aryl methyl sites for hydroxylation is 1. The predicted octanol–water partition coefficient (Wildman–Crippen LogP) is 3.14. The Hall–Kier alpha value is -1.59. The van der Waals surface area contributed by atoms with E-state index in [2.05, 4.69) is 53.3 Å². The van der Waals surface area contributed by atoms with Crippen LogP contribution in [-0.4, -0.2) is 29.8 Å². The summed E-state index contributed by atoms with van der Waals surface area (Å²) in [6.07, 6.45) is 2.95. The number of likely N-dealkylation sites (N-methyl/N-ethyl adjacent to an activating group) is 1. The average Bonchev–Trinajstić information content (AvgIpc) is 2.99. The van der Waals surface area contributed by atoms with Crippen LogP contribution in [0.4, 0.5) is 11.4 Å². The second kappa shape index (κ2) is 8.00. The van der Waals surface area contributed by atoms with E-state index >= 15 is 0 Å². The highest BCUT2D eigenvalue weighted by Crippen LogP contribution is 2.19. The summed E-state index contributed by atoms with van der Waals surface area (Å²) in [5.41, 5.74) is 2.24. The van der Waals surface area contributed by atoms with Crippen LogP contribution in [0.3, 0.4) is 0 Å². The van der Waals surface area contributed by atoms with Gasteiger partial charge in [0.25, 0.3) is 0 Å². The molecular formula is C16H23N3OS. The molecule has 114 valence electrons. The molecule has 1 heterocycles. The number of rotatable bonds is 8. The number of hydrogen-bond acceptors (Lipinski definition) is 5. The first kappa shape index (κ1) is 15.8. The van der Waals surface area contributed by atoms with Crippen LogP contribution in [0.15, 0.2) is 30.5 Å². The molecule has 2 rings (SSSR count). The number of thiazole rings is 1. The molecule has 0 aliphatic rings. The molecule has 0 saturated carbocycles. The first-order valence-electron chi connectivity index (χ1n) is 7.40. The minimum absolute atomic E-state index is 0.180. The van der Waals surface area contributed by atoms with E-state index in [1.54, 1.807) is 11.3 Å². The van der Waals surface area contributed by atoms with Gasteiger partial charge in [-0.1, -0.05) is 6.92 Å². The van der Waals surface area contributed by atoms with Crippen molar-refractivity contribution in [3.05, 3.63) is 40.3 Å². The van der Waals surface area contributed by atoms with E-state index < -0.39 is 0 Å². The Bertz CT molecular complexity index is 539. The van der Waals surface area contributed by atoms with Gasteiger partial charge in [-0.3, -0.25) is 0 Å². The lowest BCUT2D eigenvalue weighted by atomic mass is 10.2. The topological polar surface area (TPSA) is 48.4 Å². The van der Waals surface area contributed by atoms with Crippen LogP contribution in [0.5, 0.6) is 0 Å². The molecule has 2 N–H and O–H groups in total. The molecule has 0 fully saturated rings. The molecule has 0 amide bonds. The largest absolute Gasteiger partial charge is 0.395 e. The van der Waals surface area contributed by atoms with Gasteiger partial charge < -0.3 is 15.3 Å². The van der Waals surface area contributed by atoms with Gasteiger partial charge >= 0.3 is 0 Å². The first-order valence-corrected chi connectivity index (χ1v) is 8.21. The molecule has 5 heteroatoms. The number of aliphatic hydroxyl groups excluding tert-OH is 1. The van der Waals surface area contributed by atoms with Gasteiger partial charge in [-0.25, -0.2) is 4.98 Å². The summed E-state index contributed by atoms with van der Waals surface area (Å²) >= 11 is 1.76. The first-order chi connectivity index (χ1) is 10.3. The molecule has 0 unspecified atom stereocenters. The molecule has 21 heavy (non-hydrogen) atoms. The third kappa shape index (κ3) is 4.44. The highest BCUT2D eigenvalue weighted by atomic mass is 32.1. The molecule has 4 nitrogen and oxygen atoms in total. The highest BCUT2D eigenvalue weighted by molar-refractivity contribution is 7.11. The summed E-state index contributed by atoms with van der Waals surface area (Å²) in [4.78, 5) is 7.77. The van der Waals surface area contributed by atoms with E-state index in [9.17, 15) is 0 Å². The lowest BCUT2D eigenvalue weighted by Gasteiger charge is -2.22.